The first-order valence-electron chi connectivity index (χ1n) is 21.1. The van der Waals surface area contributed by atoms with E-state index in [9.17, 15) is 28.8 Å². The molecule has 4 rings (SSSR count). The standard InChI is InChI=1S/C44H63N11O6/c1-29(2)54-24-12-10-20-36(41(58)52-37(22-21-31-15-5-4-6-16-31)42(59)50-35(39(46)56)19-9-11-23-45)51-40(57)30(3)49-43(60)38(53-44(61)55(47)26-14-13-25-54)27-32-28-48-34-18-8-7-17-33(32)34/h4-8,15-18,28-30,35-38,48H,9-12,19-27,45,47H2,1-3H3,(H2,46,56)(H,49,60)(H,50,59)(H,51,57)(H,52,58)(H,53,61)/t30-,35-,36-,37+,38+/m0/s1. The molecule has 7 amide bonds. The van der Waals surface area contributed by atoms with E-state index in [-0.39, 0.29) is 38.3 Å². The maximum atomic E-state index is 14.2. The topological polar surface area (TPSA) is 263 Å². The number of aromatic nitrogens is 1. The number of carbonyl (C=O) groups excluding carboxylic acids is 6. The summed E-state index contributed by atoms with van der Waals surface area (Å²) in [7, 11) is 0. The summed E-state index contributed by atoms with van der Waals surface area (Å²) >= 11 is 0. The van der Waals surface area contributed by atoms with E-state index in [0.29, 0.717) is 51.7 Å². The second kappa shape index (κ2) is 24.3. The molecule has 0 aliphatic carbocycles. The molecule has 0 radical (unpaired) electrons. The molecule has 17 heteroatoms. The summed E-state index contributed by atoms with van der Waals surface area (Å²) in [6.07, 6.45) is 5.32. The van der Waals surface area contributed by atoms with Crippen molar-refractivity contribution in [2.45, 2.75) is 115 Å². The predicted molar refractivity (Wildman–Crippen MR) is 234 cm³/mol. The molecule has 330 valence electrons. The molecule has 0 saturated carbocycles. The van der Waals surface area contributed by atoms with Crippen LogP contribution in [0.1, 0.15) is 76.8 Å². The number of hydrogen-bond acceptors (Lipinski definition) is 9. The fourth-order valence-corrected chi connectivity index (χ4v) is 7.01. The van der Waals surface area contributed by atoms with E-state index in [1.165, 1.54) is 6.92 Å². The second-order valence-corrected chi connectivity index (χ2v) is 15.7. The number of urea groups is 1. The smallest absolute Gasteiger partial charge is 0.333 e. The van der Waals surface area contributed by atoms with Gasteiger partial charge in [0.15, 0.2) is 0 Å². The van der Waals surface area contributed by atoms with E-state index in [1.807, 2.05) is 68.4 Å². The van der Waals surface area contributed by atoms with Gasteiger partial charge in [-0.05, 0) is 102 Å². The number of nitrogens with one attached hydrogen (secondary N) is 6. The number of fused-ring (bicyclic) bond motifs is 1. The van der Waals surface area contributed by atoms with E-state index in [2.05, 4.69) is 48.3 Å². The maximum absolute atomic E-state index is 14.2. The van der Waals surface area contributed by atoms with Gasteiger partial charge in [0.2, 0.25) is 29.5 Å². The Bertz CT molecular complexity index is 1990. The van der Waals surface area contributed by atoms with Gasteiger partial charge in [0, 0.05) is 29.6 Å². The van der Waals surface area contributed by atoms with Crippen LogP contribution in [0.4, 0.5) is 4.79 Å². The number of rotatable bonds is 15. The first kappa shape index (κ1) is 47.7. The van der Waals surface area contributed by atoms with Gasteiger partial charge in [-0.1, -0.05) is 60.4 Å². The number of para-hydroxylation sites is 1. The number of aryl methyl sites for hydroxylation is 1. The Balaban J connectivity index is 1.59. The van der Waals surface area contributed by atoms with Crippen LogP contribution in [0.25, 0.3) is 10.9 Å². The van der Waals surface area contributed by atoms with Crippen molar-refractivity contribution in [2.75, 3.05) is 26.2 Å². The van der Waals surface area contributed by atoms with Crippen molar-refractivity contribution in [1.82, 2.24) is 41.5 Å². The van der Waals surface area contributed by atoms with Crippen molar-refractivity contribution in [1.29, 1.82) is 0 Å². The highest BCUT2D eigenvalue weighted by atomic mass is 16.2. The van der Waals surface area contributed by atoms with Gasteiger partial charge in [-0.15, -0.1) is 0 Å². The van der Waals surface area contributed by atoms with Crippen LogP contribution in [-0.2, 0) is 36.8 Å². The minimum atomic E-state index is -1.15. The number of H-pyrrole nitrogens is 1. The lowest BCUT2D eigenvalue weighted by Gasteiger charge is -2.27. The Kier molecular flexibility index (Phi) is 19.0. The Morgan fingerprint density at radius 2 is 1.59 bits per heavy atom. The number of hydrogen-bond donors (Lipinski definition) is 9. The van der Waals surface area contributed by atoms with Crippen molar-refractivity contribution < 1.29 is 28.8 Å². The zero-order chi connectivity index (χ0) is 44.3. The molecule has 1 aliphatic heterocycles. The van der Waals surface area contributed by atoms with E-state index in [4.69, 9.17) is 17.3 Å². The van der Waals surface area contributed by atoms with Gasteiger partial charge in [-0.25, -0.2) is 10.6 Å². The zero-order valence-corrected chi connectivity index (χ0v) is 35.5. The number of primary amides is 1. The molecule has 1 aliphatic rings. The summed E-state index contributed by atoms with van der Waals surface area (Å²) in [5, 5.41) is 15.5. The molecule has 0 fully saturated rings. The minimum absolute atomic E-state index is 0.0693. The molecule has 12 N–H and O–H groups in total. The summed E-state index contributed by atoms with van der Waals surface area (Å²) < 4.78 is 0. The largest absolute Gasteiger partial charge is 0.368 e. The van der Waals surface area contributed by atoms with Crippen molar-refractivity contribution >= 4 is 46.5 Å². The summed E-state index contributed by atoms with van der Waals surface area (Å²) in [6.45, 7) is 6.91. The normalized spacial score (nSPS) is 19.8. The van der Waals surface area contributed by atoms with E-state index in [1.54, 1.807) is 6.20 Å². The summed E-state index contributed by atoms with van der Waals surface area (Å²) in [4.78, 5) is 86.7. The van der Waals surface area contributed by atoms with E-state index in [0.717, 1.165) is 27.0 Å². The number of amides is 7. The maximum Gasteiger partial charge on any atom is 0.333 e. The minimum Gasteiger partial charge on any atom is -0.368 e. The third kappa shape index (κ3) is 15.2. The molecule has 1 aromatic heterocycles. The fraction of sp³-hybridized carbons (Fsp3) is 0.500. The van der Waals surface area contributed by atoms with Crippen LogP contribution >= 0.6 is 0 Å². The lowest BCUT2D eigenvalue weighted by molar-refractivity contribution is -0.134. The molecule has 2 aromatic carbocycles. The molecule has 5 atom stereocenters. The molecule has 0 saturated heterocycles. The average Bonchev–Trinajstić information content (AvgIpc) is 3.65. The van der Waals surface area contributed by atoms with Gasteiger partial charge in [0.25, 0.3) is 0 Å². The van der Waals surface area contributed by atoms with Crippen LogP contribution in [0.15, 0.2) is 60.8 Å². The SMILES string of the molecule is CC(C)N1CC#CCN(N)C(=O)N[C@H](Cc2c[nH]c3ccccc23)C(=O)N[C@@H](C)C(=O)N[C@H](C(=O)N[C@H](CCc2ccccc2)C(=O)N[C@@H](CCCCN)C(N)=O)CCCC1. The van der Waals surface area contributed by atoms with Gasteiger partial charge >= 0.3 is 6.03 Å². The number of hydrazine groups is 1. The van der Waals surface area contributed by atoms with Crippen molar-refractivity contribution in [3.05, 3.63) is 71.9 Å². The quantitative estimate of drug-likeness (QED) is 0.0458. The molecule has 61 heavy (non-hydrogen) atoms. The molecule has 0 spiro atoms. The Morgan fingerprint density at radius 3 is 2.31 bits per heavy atom. The number of unbranched alkanes of at least 4 members (excludes halogenated alkanes) is 1. The summed E-state index contributed by atoms with van der Waals surface area (Å²) in [5.74, 6) is 8.92. The van der Waals surface area contributed by atoms with Gasteiger partial charge in [0.1, 0.15) is 30.2 Å². The molecule has 17 nitrogen and oxygen atoms in total. The molecular formula is C44H63N11O6. The number of benzene rings is 2. The Morgan fingerprint density at radius 1 is 0.869 bits per heavy atom. The van der Waals surface area contributed by atoms with Crippen LogP contribution in [0.2, 0.25) is 0 Å². The number of nitrogens with zero attached hydrogens (tertiary/aromatic N) is 2. The molecule has 3 aromatic rings. The molecular weight excluding hydrogens is 779 g/mol. The monoisotopic (exact) mass is 841 g/mol. The number of nitrogens with two attached hydrogens (primary N) is 3. The Hall–Kier alpha value is -5.96. The van der Waals surface area contributed by atoms with Gasteiger partial charge in [0.05, 0.1) is 13.1 Å². The second-order valence-electron chi connectivity index (χ2n) is 15.7. The third-order valence-corrected chi connectivity index (χ3v) is 10.7. The van der Waals surface area contributed by atoms with Gasteiger partial charge < -0.3 is 43.0 Å². The van der Waals surface area contributed by atoms with Crippen molar-refractivity contribution in [3.8, 4) is 11.8 Å². The van der Waals surface area contributed by atoms with Crippen molar-refractivity contribution in [2.24, 2.45) is 17.3 Å². The lowest BCUT2D eigenvalue weighted by atomic mass is 10.0. The van der Waals surface area contributed by atoms with Crippen LogP contribution in [-0.4, -0.2) is 113 Å². The lowest BCUT2D eigenvalue weighted by Crippen LogP contribution is -2.59. The molecule has 2 heterocycles. The van der Waals surface area contributed by atoms with Crippen LogP contribution < -0.4 is 43.9 Å². The zero-order valence-electron chi connectivity index (χ0n) is 35.5. The summed E-state index contributed by atoms with van der Waals surface area (Å²) in [5.41, 5.74) is 13.8. The highest BCUT2D eigenvalue weighted by Crippen LogP contribution is 2.19. The number of carbonyl (C=O) groups is 6. The van der Waals surface area contributed by atoms with Crippen LogP contribution in [0.5, 0.6) is 0 Å². The van der Waals surface area contributed by atoms with Crippen LogP contribution in [0, 0.1) is 11.8 Å². The molecule has 0 bridgehead atoms. The predicted octanol–water partition coefficient (Wildman–Crippen LogP) is 1.07. The van der Waals surface area contributed by atoms with E-state index < -0.39 is 65.8 Å². The summed E-state index contributed by atoms with van der Waals surface area (Å²) in [6, 6.07) is 10.9. The highest BCUT2D eigenvalue weighted by Gasteiger charge is 2.32. The molecule has 0 unspecified atom stereocenters. The Labute approximate surface area is 358 Å². The van der Waals surface area contributed by atoms with Gasteiger partial charge in [-0.2, -0.15) is 0 Å². The van der Waals surface area contributed by atoms with Crippen molar-refractivity contribution in [3.63, 3.8) is 0 Å². The van der Waals surface area contributed by atoms with Crippen LogP contribution in [0.3, 0.4) is 0 Å². The first-order valence-corrected chi connectivity index (χ1v) is 21.1. The average molecular weight is 842 g/mol. The van der Waals surface area contributed by atoms with E-state index >= 15 is 0 Å². The number of aromatic amines is 1. The van der Waals surface area contributed by atoms with Gasteiger partial charge in [-0.3, -0.25) is 33.9 Å². The first-order chi connectivity index (χ1) is 29.3. The highest BCUT2D eigenvalue weighted by molar-refractivity contribution is 5.96. The third-order valence-electron chi connectivity index (χ3n) is 10.7. The fourth-order valence-electron chi connectivity index (χ4n) is 7.01.